The molecule has 0 saturated carbocycles. The fourth-order valence-corrected chi connectivity index (χ4v) is 2.41. The van der Waals surface area contributed by atoms with Gasteiger partial charge >= 0.3 is 5.97 Å². The predicted octanol–water partition coefficient (Wildman–Crippen LogP) is 2.09. The first kappa shape index (κ1) is 13.2. The largest absolute Gasteiger partial charge is 0.465 e. The van der Waals surface area contributed by atoms with Crippen LogP contribution in [0.4, 0.5) is 5.69 Å². The number of hydrogen-bond acceptors (Lipinski definition) is 4. The molecule has 1 heterocycles. The molecule has 2 rings (SSSR count). The van der Waals surface area contributed by atoms with Gasteiger partial charge in [-0.2, -0.15) is 0 Å². The number of aliphatic hydroxyl groups is 1. The summed E-state index contributed by atoms with van der Waals surface area (Å²) in [5, 5.41) is 10.3. The quantitative estimate of drug-likeness (QED) is 0.836. The Morgan fingerprint density at radius 2 is 2.33 bits per heavy atom. The Hall–Kier alpha value is -1.26. The van der Waals surface area contributed by atoms with Crippen LogP contribution >= 0.6 is 11.6 Å². The molecule has 98 valence electrons. The second-order valence-electron chi connectivity index (χ2n) is 4.40. The van der Waals surface area contributed by atoms with Gasteiger partial charge in [0.1, 0.15) is 0 Å². The number of piperidine rings is 1. The third-order valence-corrected chi connectivity index (χ3v) is 3.42. The van der Waals surface area contributed by atoms with Crippen LogP contribution < -0.4 is 4.90 Å². The number of anilines is 1. The Labute approximate surface area is 111 Å². The van der Waals surface area contributed by atoms with Crippen molar-refractivity contribution in [2.45, 2.75) is 18.9 Å². The molecule has 1 saturated heterocycles. The maximum Gasteiger partial charge on any atom is 0.337 e. The van der Waals surface area contributed by atoms with Crippen molar-refractivity contribution in [3.05, 3.63) is 28.8 Å². The number of β-amino-alcohol motifs (C(OH)–C–C–N with tert-alkyl or cyclic N) is 1. The van der Waals surface area contributed by atoms with Gasteiger partial charge in [0, 0.05) is 13.1 Å². The fraction of sp³-hybridized carbons (Fsp3) is 0.462. The third-order valence-electron chi connectivity index (χ3n) is 3.10. The summed E-state index contributed by atoms with van der Waals surface area (Å²) < 4.78 is 4.69. The number of hydrogen-bond donors (Lipinski definition) is 1. The van der Waals surface area contributed by atoms with Crippen LogP contribution in [0.5, 0.6) is 0 Å². The highest BCUT2D eigenvalue weighted by Crippen LogP contribution is 2.29. The minimum absolute atomic E-state index is 0.336. The van der Waals surface area contributed by atoms with Crippen molar-refractivity contribution in [1.82, 2.24) is 0 Å². The number of ether oxygens (including phenoxy) is 1. The number of carbonyl (C=O) groups is 1. The second-order valence-corrected chi connectivity index (χ2v) is 4.81. The van der Waals surface area contributed by atoms with Crippen molar-refractivity contribution in [2.24, 2.45) is 0 Å². The molecule has 0 radical (unpaired) electrons. The number of nitrogens with zero attached hydrogens (tertiary/aromatic N) is 1. The van der Waals surface area contributed by atoms with Crippen LogP contribution in [-0.2, 0) is 4.74 Å². The Kier molecular flexibility index (Phi) is 4.09. The summed E-state index contributed by atoms with van der Waals surface area (Å²) in [6, 6.07) is 5.04. The number of methoxy groups -OCH3 is 1. The number of benzene rings is 1. The lowest BCUT2D eigenvalue weighted by Crippen LogP contribution is -2.38. The minimum atomic E-state index is -0.384. The number of aliphatic hydroxyl groups excluding tert-OH is 1. The van der Waals surface area contributed by atoms with Crippen molar-refractivity contribution < 1.29 is 14.6 Å². The normalized spacial score (nSPS) is 19.7. The Morgan fingerprint density at radius 3 is 3.00 bits per heavy atom. The van der Waals surface area contributed by atoms with Gasteiger partial charge < -0.3 is 14.7 Å². The number of carbonyl (C=O) groups excluding carboxylic acids is 1. The molecular formula is C13H16ClNO3. The van der Waals surface area contributed by atoms with Gasteiger partial charge in [0.2, 0.25) is 0 Å². The van der Waals surface area contributed by atoms with Crippen molar-refractivity contribution in [3.63, 3.8) is 0 Å². The highest BCUT2D eigenvalue weighted by molar-refractivity contribution is 6.33. The molecule has 1 aromatic rings. The zero-order valence-electron chi connectivity index (χ0n) is 10.2. The molecule has 0 bridgehead atoms. The zero-order valence-corrected chi connectivity index (χ0v) is 11.0. The van der Waals surface area contributed by atoms with Gasteiger partial charge in [-0.3, -0.25) is 0 Å². The lowest BCUT2D eigenvalue weighted by Gasteiger charge is -2.32. The summed E-state index contributed by atoms with van der Waals surface area (Å²) in [5.74, 6) is -0.384. The topological polar surface area (TPSA) is 49.8 Å². The van der Waals surface area contributed by atoms with E-state index in [1.807, 2.05) is 4.90 Å². The van der Waals surface area contributed by atoms with Crippen molar-refractivity contribution in [3.8, 4) is 0 Å². The standard InChI is InChI=1S/C13H16ClNO3/c1-18-13(17)9-4-5-11(14)12(7-9)15-6-2-3-10(16)8-15/h4-5,7,10,16H,2-3,6,8H2,1H3. The van der Waals surface area contributed by atoms with Gasteiger partial charge in [-0.05, 0) is 31.0 Å². The van der Waals surface area contributed by atoms with E-state index in [1.165, 1.54) is 7.11 Å². The molecule has 1 aliphatic rings. The predicted molar refractivity (Wildman–Crippen MR) is 70.2 cm³/mol. The molecular weight excluding hydrogens is 254 g/mol. The molecule has 18 heavy (non-hydrogen) atoms. The summed E-state index contributed by atoms with van der Waals surface area (Å²) in [5.41, 5.74) is 1.25. The van der Waals surface area contributed by atoms with Gasteiger partial charge in [-0.15, -0.1) is 0 Å². The fourth-order valence-electron chi connectivity index (χ4n) is 2.17. The maximum atomic E-state index is 11.5. The van der Waals surface area contributed by atoms with E-state index >= 15 is 0 Å². The van der Waals surface area contributed by atoms with Crippen LogP contribution in [0, 0.1) is 0 Å². The van der Waals surface area contributed by atoms with Gasteiger partial charge in [0.05, 0.1) is 29.5 Å². The van der Waals surface area contributed by atoms with E-state index in [0.717, 1.165) is 25.1 Å². The molecule has 0 aliphatic carbocycles. The van der Waals surface area contributed by atoms with Crippen LogP contribution in [0.2, 0.25) is 5.02 Å². The molecule has 5 heteroatoms. The van der Waals surface area contributed by atoms with Crippen LogP contribution in [-0.4, -0.2) is 37.4 Å². The Morgan fingerprint density at radius 1 is 1.56 bits per heavy atom. The van der Waals surface area contributed by atoms with Crippen LogP contribution in [0.3, 0.4) is 0 Å². The maximum absolute atomic E-state index is 11.5. The summed E-state index contributed by atoms with van der Waals surface area (Å²) in [7, 11) is 1.35. The molecule has 0 aromatic heterocycles. The van der Waals surface area contributed by atoms with Gasteiger partial charge in [-0.1, -0.05) is 11.6 Å². The molecule has 1 aliphatic heterocycles. The van der Waals surface area contributed by atoms with Crippen molar-refractivity contribution in [1.29, 1.82) is 0 Å². The van der Waals surface area contributed by atoms with Gasteiger partial charge in [0.25, 0.3) is 0 Å². The van der Waals surface area contributed by atoms with Gasteiger partial charge in [0.15, 0.2) is 0 Å². The van der Waals surface area contributed by atoms with Crippen LogP contribution in [0.25, 0.3) is 0 Å². The van der Waals surface area contributed by atoms with E-state index < -0.39 is 0 Å². The van der Waals surface area contributed by atoms with E-state index in [0.29, 0.717) is 17.1 Å². The first-order valence-corrected chi connectivity index (χ1v) is 6.30. The smallest absolute Gasteiger partial charge is 0.337 e. The summed E-state index contributed by atoms with van der Waals surface area (Å²) in [4.78, 5) is 13.5. The zero-order chi connectivity index (χ0) is 13.1. The third kappa shape index (κ3) is 2.76. The first-order valence-electron chi connectivity index (χ1n) is 5.92. The molecule has 0 spiro atoms. The highest BCUT2D eigenvalue weighted by Gasteiger charge is 2.20. The van der Waals surface area contributed by atoms with Crippen molar-refractivity contribution >= 4 is 23.3 Å². The van der Waals surface area contributed by atoms with Crippen molar-refractivity contribution in [2.75, 3.05) is 25.1 Å². The van der Waals surface area contributed by atoms with E-state index in [9.17, 15) is 9.90 Å². The monoisotopic (exact) mass is 269 g/mol. The van der Waals surface area contributed by atoms with E-state index in [4.69, 9.17) is 11.6 Å². The molecule has 4 nitrogen and oxygen atoms in total. The average Bonchev–Trinajstić information content (AvgIpc) is 2.38. The number of rotatable bonds is 2. The van der Waals surface area contributed by atoms with Gasteiger partial charge in [-0.25, -0.2) is 4.79 Å². The van der Waals surface area contributed by atoms with E-state index in [2.05, 4.69) is 4.74 Å². The minimum Gasteiger partial charge on any atom is -0.465 e. The summed E-state index contributed by atoms with van der Waals surface area (Å²) in [6.45, 7) is 1.38. The summed E-state index contributed by atoms with van der Waals surface area (Å²) >= 11 is 6.15. The van der Waals surface area contributed by atoms with Crippen LogP contribution in [0.15, 0.2) is 18.2 Å². The first-order chi connectivity index (χ1) is 8.61. The number of esters is 1. The molecule has 0 amide bonds. The number of halogens is 1. The Balaban J connectivity index is 2.28. The van der Waals surface area contributed by atoms with Crippen LogP contribution in [0.1, 0.15) is 23.2 Å². The SMILES string of the molecule is COC(=O)c1ccc(Cl)c(N2CCCC(O)C2)c1. The lowest BCUT2D eigenvalue weighted by atomic mass is 10.1. The second kappa shape index (κ2) is 5.59. The average molecular weight is 270 g/mol. The lowest BCUT2D eigenvalue weighted by molar-refractivity contribution is 0.0601. The van der Waals surface area contributed by atoms with E-state index in [-0.39, 0.29) is 12.1 Å². The van der Waals surface area contributed by atoms with E-state index in [1.54, 1.807) is 18.2 Å². The summed E-state index contributed by atoms with van der Waals surface area (Å²) in [6.07, 6.45) is 1.39. The molecule has 1 aromatic carbocycles. The molecule has 1 N–H and O–H groups in total. The molecule has 1 fully saturated rings. The molecule has 1 unspecified atom stereocenters. The Bertz CT molecular complexity index is 450. The molecule has 1 atom stereocenters. The highest BCUT2D eigenvalue weighted by atomic mass is 35.5.